The van der Waals surface area contributed by atoms with Gasteiger partial charge in [-0.05, 0) is 41.1 Å². The third kappa shape index (κ3) is 6.17. The number of alkyl halides is 3. The number of hydrogen-bond donors (Lipinski definition) is 2. The summed E-state index contributed by atoms with van der Waals surface area (Å²) < 4.78 is 49.0. The van der Waals surface area contributed by atoms with Crippen molar-refractivity contribution in [2.24, 2.45) is 5.73 Å². The highest BCUT2D eigenvalue weighted by Gasteiger charge is 2.38. The highest BCUT2D eigenvalue weighted by atomic mass is 79.9. The second kappa shape index (κ2) is 11.7. The zero-order chi connectivity index (χ0) is 28.2. The third-order valence-corrected chi connectivity index (χ3v) is 6.00. The van der Waals surface area contributed by atoms with Crippen molar-refractivity contribution in [3.05, 3.63) is 64.1 Å². The van der Waals surface area contributed by atoms with Crippen molar-refractivity contribution in [1.29, 1.82) is 0 Å². The smallest absolute Gasteiger partial charge is 0.490 e. The number of amides is 1. The summed E-state index contributed by atoms with van der Waals surface area (Å²) in [5.41, 5.74) is 7.61. The Balaban J connectivity index is 0.000000505. The van der Waals surface area contributed by atoms with Crippen molar-refractivity contribution in [3.8, 4) is 11.5 Å². The fourth-order valence-corrected chi connectivity index (χ4v) is 4.12. The van der Waals surface area contributed by atoms with Gasteiger partial charge in [0.15, 0.2) is 5.75 Å². The number of methoxy groups -OCH3 is 2. The van der Waals surface area contributed by atoms with E-state index in [1.165, 1.54) is 7.11 Å². The van der Waals surface area contributed by atoms with Crippen molar-refractivity contribution < 1.29 is 46.9 Å². The van der Waals surface area contributed by atoms with Crippen molar-refractivity contribution in [3.63, 3.8) is 0 Å². The van der Waals surface area contributed by atoms with E-state index >= 15 is 0 Å². The fraction of sp³-hybridized carbons (Fsp3) is 0.240. The number of benzene rings is 3. The summed E-state index contributed by atoms with van der Waals surface area (Å²) in [6, 6.07) is 13.9. The molecule has 3 N–H and O–H groups in total. The molecule has 0 radical (unpaired) electrons. The first-order valence-electron chi connectivity index (χ1n) is 10.8. The number of nitrogens with two attached hydrogens (primary N) is 1. The number of rotatable bonds is 4. The molecule has 0 unspecified atom stereocenters. The van der Waals surface area contributed by atoms with Gasteiger partial charge in [0.2, 0.25) is 5.91 Å². The summed E-state index contributed by atoms with van der Waals surface area (Å²) in [6.45, 7) is 0.144. The Bertz CT molecular complexity index is 1380. The molecule has 13 heteroatoms. The van der Waals surface area contributed by atoms with Crippen molar-refractivity contribution in [1.82, 2.24) is 0 Å². The number of anilines is 1. The number of carbonyl (C=O) groups is 3. The van der Waals surface area contributed by atoms with Gasteiger partial charge in [-0.3, -0.25) is 4.79 Å². The van der Waals surface area contributed by atoms with Crippen molar-refractivity contribution >= 4 is 50.2 Å². The quantitative estimate of drug-likeness (QED) is 0.426. The molecular formula is C25H22BrF3N2O7. The highest BCUT2D eigenvalue weighted by Crippen LogP contribution is 2.38. The van der Waals surface area contributed by atoms with E-state index in [1.807, 2.05) is 30.3 Å². The maximum absolute atomic E-state index is 13.2. The third-order valence-electron chi connectivity index (χ3n) is 5.51. The van der Waals surface area contributed by atoms with Crippen molar-refractivity contribution in [2.45, 2.75) is 18.8 Å². The summed E-state index contributed by atoms with van der Waals surface area (Å²) in [6.07, 6.45) is -5.08. The molecule has 0 aliphatic carbocycles. The van der Waals surface area contributed by atoms with Crippen LogP contribution in [0.1, 0.15) is 15.9 Å². The summed E-state index contributed by atoms with van der Waals surface area (Å²) in [7, 11) is 2.89. The molecular weight excluding hydrogens is 577 g/mol. The van der Waals surface area contributed by atoms with Gasteiger partial charge in [-0.2, -0.15) is 13.2 Å². The Labute approximate surface area is 223 Å². The van der Waals surface area contributed by atoms with Crippen LogP contribution in [0.15, 0.2) is 53.0 Å². The summed E-state index contributed by atoms with van der Waals surface area (Å²) in [5, 5.41) is 9.07. The lowest BCUT2D eigenvalue weighted by atomic mass is 10.0. The number of halogens is 4. The van der Waals surface area contributed by atoms with E-state index in [2.05, 4.69) is 15.9 Å². The van der Waals surface area contributed by atoms with Gasteiger partial charge in [-0.15, -0.1) is 0 Å². The first kappa shape index (κ1) is 28.7. The molecule has 0 aromatic heterocycles. The van der Waals surface area contributed by atoms with Crippen LogP contribution in [0.5, 0.6) is 11.5 Å². The van der Waals surface area contributed by atoms with Gasteiger partial charge < -0.3 is 30.0 Å². The summed E-state index contributed by atoms with van der Waals surface area (Å²) >= 11 is 3.50. The van der Waals surface area contributed by atoms with Crippen LogP contribution in [0.3, 0.4) is 0 Å². The number of para-hydroxylation sites is 1. The first-order valence-corrected chi connectivity index (χ1v) is 11.6. The van der Waals surface area contributed by atoms with Crippen LogP contribution in [-0.4, -0.2) is 56.0 Å². The van der Waals surface area contributed by atoms with E-state index in [0.717, 1.165) is 20.8 Å². The number of carboxylic acid groups (broad SMARTS) is 1. The molecule has 0 saturated heterocycles. The molecule has 1 heterocycles. The predicted octanol–water partition coefficient (Wildman–Crippen LogP) is 4.28. The number of carboxylic acids is 1. The Morgan fingerprint density at radius 3 is 2.47 bits per heavy atom. The minimum Gasteiger partial charge on any atom is -0.496 e. The average molecular weight is 599 g/mol. The number of ether oxygens (including phenoxy) is 3. The van der Waals surface area contributed by atoms with Gasteiger partial charge in [-0.25, -0.2) is 9.59 Å². The lowest BCUT2D eigenvalue weighted by molar-refractivity contribution is -0.192. The van der Waals surface area contributed by atoms with E-state index in [4.69, 9.17) is 29.8 Å². The van der Waals surface area contributed by atoms with Crippen LogP contribution in [0.4, 0.5) is 18.9 Å². The number of aliphatic carboxylic acids is 1. The number of nitrogens with zero attached hydrogens (tertiary/aromatic N) is 1. The highest BCUT2D eigenvalue weighted by molar-refractivity contribution is 9.10. The second-order valence-electron chi connectivity index (χ2n) is 7.90. The predicted molar refractivity (Wildman–Crippen MR) is 134 cm³/mol. The summed E-state index contributed by atoms with van der Waals surface area (Å²) in [4.78, 5) is 35.9. The molecule has 1 aliphatic heterocycles. The lowest BCUT2D eigenvalue weighted by Gasteiger charge is -2.25. The van der Waals surface area contributed by atoms with Crippen molar-refractivity contribution in [2.75, 3.05) is 25.7 Å². The van der Waals surface area contributed by atoms with E-state index in [1.54, 1.807) is 30.2 Å². The van der Waals surface area contributed by atoms with Crippen LogP contribution < -0.4 is 20.1 Å². The Hall–Kier alpha value is -3.84. The normalized spacial score (nSPS) is 15.0. The molecule has 3 aromatic rings. The Morgan fingerprint density at radius 1 is 1.18 bits per heavy atom. The molecule has 9 nitrogen and oxygen atoms in total. The second-order valence-corrected chi connectivity index (χ2v) is 8.82. The van der Waals surface area contributed by atoms with Gasteiger partial charge in [0, 0.05) is 10.0 Å². The number of carbonyl (C=O) groups excluding carboxylic acids is 2. The molecule has 0 saturated carbocycles. The minimum absolute atomic E-state index is 0.0457. The standard InChI is InChI=1S/C23H21BrN2O5.C2HF3O2/c1-29-20-9-6-13-10-14(24)7-8-15(13)17(20)11-26-19-5-3-4-16(23(28)30-2)21(19)31-12-18(25)22(26)27;3-2(4,5)1(6)7/h3-10,18H,11-12,25H2,1-2H3;(H,6,7)/t18-;/m0./s1. The molecule has 1 aliphatic rings. The summed E-state index contributed by atoms with van der Waals surface area (Å²) in [5.74, 6) is -2.69. The topological polar surface area (TPSA) is 128 Å². The van der Waals surface area contributed by atoms with E-state index in [0.29, 0.717) is 11.4 Å². The first-order chi connectivity index (χ1) is 17.9. The lowest BCUT2D eigenvalue weighted by Crippen LogP contribution is -2.45. The SMILES string of the molecule is COC(=O)c1cccc2c1OC[C@H](N)C(=O)N2Cc1c(OC)ccc2cc(Br)ccc12.O=C(O)C(F)(F)F. The van der Waals surface area contributed by atoms with E-state index in [-0.39, 0.29) is 30.4 Å². The number of hydrogen-bond acceptors (Lipinski definition) is 7. The number of esters is 1. The average Bonchev–Trinajstić information content (AvgIpc) is 2.99. The molecule has 38 heavy (non-hydrogen) atoms. The van der Waals surface area contributed by atoms with Crippen LogP contribution in [0.25, 0.3) is 10.8 Å². The molecule has 202 valence electrons. The van der Waals surface area contributed by atoms with E-state index < -0.39 is 24.2 Å². The molecule has 0 fully saturated rings. The Kier molecular flexibility index (Phi) is 8.84. The monoisotopic (exact) mass is 598 g/mol. The number of fused-ring (bicyclic) bond motifs is 2. The van der Waals surface area contributed by atoms with Gasteiger partial charge in [-0.1, -0.05) is 34.1 Å². The largest absolute Gasteiger partial charge is 0.496 e. The molecule has 1 atom stereocenters. The molecule has 0 bridgehead atoms. The molecule has 0 spiro atoms. The van der Waals surface area contributed by atoms with Crippen LogP contribution in [-0.2, 0) is 20.9 Å². The van der Waals surface area contributed by atoms with Gasteiger partial charge in [0.1, 0.15) is 24.0 Å². The zero-order valence-electron chi connectivity index (χ0n) is 20.0. The molecule has 3 aromatic carbocycles. The molecule has 4 rings (SSSR count). The van der Waals surface area contributed by atoms with Crippen LogP contribution in [0, 0.1) is 0 Å². The van der Waals surface area contributed by atoms with Crippen LogP contribution >= 0.6 is 15.9 Å². The Morgan fingerprint density at radius 2 is 1.87 bits per heavy atom. The van der Waals surface area contributed by atoms with Crippen LogP contribution in [0.2, 0.25) is 0 Å². The fourth-order valence-electron chi connectivity index (χ4n) is 3.74. The maximum Gasteiger partial charge on any atom is 0.490 e. The zero-order valence-corrected chi connectivity index (χ0v) is 21.6. The minimum atomic E-state index is -5.08. The van der Waals surface area contributed by atoms with Gasteiger partial charge in [0.05, 0.1) is 26.5 Å². The molecule has 1 amide bonds. The van der Waals surface area contributed by atoms with Gasteiger partial charge >= 0.3 is 18.1 Å². The van der Waals surface area contributed by atoms with E-state index in [9.17, 15) is 22.8 Å². The maximum atomic E-state index is 13.2. The van der Waals surface area contributed by atoms with Gasteiger partial charge in [0.25, 0.3) is 0 Å².